The van der Waals surface area contributed by atoms with Crippen molar-refractivity contribution in [2.75, 3.05) is 38.5 Å². The molecule has 0 amide bonds. The van der Waals surface area contributed by atoms with Gasteiger partial charge in [0, 0.05) is 12.7 Å². The lowest BCUT2D eigenvalue weighted by atomic mass is 10.2. The molecule has 1 aromatic heterocycles. The predicted octanol–water partition coefficient (Wildman–Crippen LogP) is 2.22. The van der Waals surface area contributed by atoms with E-state index in [1.165, 1.54) is 18.5 Å². The van der Waals surface area contributed by atoms with E-state index < -0.39 is 0 Å². The fourth-order valence-corrected chi connectivity index (χ4v) is 2.19. The van der Waals surface area contributed by atoms with E-state index >= 15 is 0 Å². The molecule has 4 nitrogen and oxygen atoms in total. The molecule has 108 valence electrons. The van der Waals surface area contributed by atoms with E-state index in [1.54, 1.807) is 0 Å². The van der Waals surface area contributed by atoms with Gasteiger partial charge in [0.25, 0.3) is 0 Å². The second kappa shape index (κ2) is 8.88. The molecule has 0 saturated carbocycles. The maximum absolute atomic E-state index is 5.60. The molecule has 1 heterocycles. The molecule has 0 spiro atoms. The molecule has 0 bridgehead atoms. The van der Waals surface area contributed by atoms with Gasteiger partial charge in [-0.25, -0.2) is 4.98 Å². The van der Waals surface area contributed by atoms with E-state index in [1.807, 2.05) is 12.3 Å². The number of pyridine rings is 1. The summed E-state index contributed by atoms with van der Waals surface area (Å²) in [4.78, 5) is 9.07. The Morgan fingerprint density at radius 3 is 2.16 bits per heavy atom. The van der Waals surface area contributed by atoms with Crippen LogP contribution in [-0.4, -0.2) is 47.5 Å². The van der Waals surface area contributed by atoms with Crippen LogP contribution in [0.15, 0.2) is 18.3 Å². The summed E-state index contributed by atoms with van der Waals surface area (Å²) in [5.74, 6) is 0.591. The molecule has 0 aliphatic heterocycles. The molecule has 19 heavy (non-hydrogen) atoms. The van der Waals surface area contributed by atoms with Crippen molar-refractivity contribution in [2.45, 2.75) is 33.7 Å². The average molecular weight is 264 g/mol. The summed E-state index contributed by atoms with van der Waals surface area (Å²) < 4.78 is 0. The second-order valence-corrected chi connectivity index (χ2v) is 4.84. The van der Waals surface area contributed by atoms with Crippen LogP contribution in [0.3, 0.4) is 0 Å². The summed E-state index contributed by atoms with van der Waals surface area (Å²) in [7, 11) is 0. The fraction of sp³-hybridized carbons (Fsp3) is 0.667. The maximum Gasteiger partial charge on any atom is 0.123 e. The molecule has 0 saturated heterocycles. The average Bonchev–Trinajstić information content (AvgIpc) is 2.44. The van der Waals surface area contributed by atoms with Crippen molar-refractivity contribution >= 4 is 5.82 Å². The first kappa shape index (κ1) is 15.9. The summed E-state index contributed by atoms with van der Waals surface area (Å²) >= 11 is 0. The molecule has 0 aliphatic carbocycles. The van der Waals surface area contributed by atoms with Crippen LogP contribution in [-0.2, 0) is 6.54 Å². The Morgan fingerprint density at radius 2 is 1.63 bits per heavy atom. The van der Waals surface area contributed by atoms with Gasteiger partial charge in [-0.3, -0.25) is 4.90 Å². The molecule has 0 radical (unpaired) electrons. The zero-order valence-corrected chi connectivity index (χ0v) is 12.6. The summed E-state index contributed by atoms with van der Waals surface area (Å²) in [5, 5.41) is 0. The lowest BCUT2D eigenvalue weighted by Gasteiger charge is -2.23. The van der Waals surface area contributed by atoms with E-state index in [0.717, 1.165) is 32.7 Å². The highest BCUT2D eigenvalue weighted by Crippen LogP contribution is 2.06. The number of nitrogens with zero attached hydrogens (tertiary/aromatic N) is 3. The van der Waals surface area contributed by atoms with Crippen molar-refractivity contribution in [2.24, 2.45) is 0 Å². The SMILES string of the molecule is CCN(CC)CCCN(CC)Cc1ccc(N)nc1. The smallest absolute Gasteiger partial charge is 0.123 e. The van der Waals surface area contributed by atoms with Crippen molar-refractivity contribution in [1.29, 1.82) is 0 Å². The van der Waals surface area contributed by atoms with Gasteiger partial charge >= 0.3 is 0 Å². The topological polar surface area (TPSA) is 45.4 Å². The van der Waals surface area contributed by atoms with Gasteiger partial charge < -0.3 is 10.6 Å². The Hall–Kier alpha value is -1.13. The normalized spacial score (nSPS) is 11.4. The molecule has 2 N–H and O–H groups in total. The summed E-state index contributed by atoms with van der Waals surface area (Å²) in [6.07, 6.45) is 3.10. The standard InChI is InChI=1S/C15H28N4/c1-4-18(5-2)10-7-11-19(6-3)13-14-8-9-15(16)17-12-14/h8-9,12H,4-7,10-11,13H2,1-3H3,(H2,16,17). The number of nitrogen functional groups attached to an aromatic ring is 1. The lowest BCUT2D eigenvalue weighted by molar-refractivity contribution is 0.238. The Morgan fingerprint density at radius 1 is 1.00 bits per heavy atom. The van der Waals surface area contributed by atoms with E-state index in [4.69, 9.17) is 5.73 Å². The van der Waals surface area contributed by atoms with Gasteiger partial charge in [-0.1, -0.05) is 26.8 Å². The van der Waals surface area contributed by atoms with Gasteiger partial charge in [-0.05, 0) is 50.8 Å². The second-order valence-electron chi connectivity index (χ2n) is 4.84. The third kappa shape index (κ3) is 6.03. The third-order valence-electron chi connectivity index (χ3n) is 3.54. The molecule has 0 aromatic carbocycles. The Bertz CT molecular complexity index is 333. The monoisotopic (exact) mass is 264 g/mol. The van der Waals surface area contributed by atoms with E-state index in [9.17, 15) is 0 Å². The van der Waals surface area contributed by atoms with Gasteiger partial charge in [0.1, 0.15) is 5.82 Å². The number of aromatic nitrogens is 1. The highest BCUT2D eigenvalue weighted by atomic mass is 15.1. The first-order valence-electron chi connectivity index (χ1n) is 7.34. The van der Waals surface area contributed by atoms with Crippen molar-refractivity contribution < 1.29 is 0 Å². The summed E-state index contributed by atoms with van der Waals surface area (Å²) in [6.45, 7) is 13.3. The number of anilines is 1. The van der Waals surface area contributed by atoms with Crippen LogP contribution >= 0.6 is 0 Å². The summed E-state index contributed by atoms with van der Waals surface area (Å²) in [6, 6.07) is 3.94. The highest BCUT2D eigenvalue weighted by Gasteiger charge is 2.05. The zero-order chi connectivity index (χ0) is 14.1. The fourth-order valence-electron chi connectivity index (χ4n) is 2.19. The van der Waals surface area contributed by atoms with Gasteiger partial charge in [-0.2, -0.15) is 0 Å². The van der Waals surface area contributed by atoms with Crippen LogP contribution in [0.5, 0.6) is 0 Å². The first-order chi connectivity index (χ1) is 9.19. The van der Waals surface area contributed by atoms with Crippen LogP contribution in [0, 0.1) is 0 Å². The lowest BCUT2D eigenvalue weighted by Crippen LogP contribution is -2.29. The summed E-state index contributed by atoms with van der Waals surface area (Å²) in [5.41, 5.74) is 6.84. The van der Waals surface area contributed by atoms with Crippen LogP contribution in [0.2, 0.25) is 0 Å². The first-order valence-corrected chi connectivity index (χ1v) is 7.34. The Labute approximate surface area is 117 Å². The molecule has 0 fully saturated rings. The molecule has 1 aromatic rings. The number of hydrogen-bond donors (Lipinski definition) is 1. The van der Waals surface area contributed by atoms with Crippen molar-refractivity contribution in [3.63, 3.8) is 0 Å². The molecule has 0 aliphatic rings. The van der Waals surface area contributed by atoms with Crippen LogP contribution in [0.1, 0.15) is 32.8 Å². The van der Waals surface area contributed by atoms with E-state index in [2.05, 4.69) is 41.6 Å². The minimum Gasteiger partial charge on any atom is -0.384 e. The minimum absolute atomic E-state index is 0.591. The maximum atomic E-state index is 5.60. The molecular weight excluding hydrogens is 236 g/mol. The molecule has 1 rings (SSSR count). The van der Waals surface area contributed by atoms with Crippen molar-refractivity contribution in [3.05, 3.63) is 23.9 Å². The highest BCUT2D eigenvalue weighted by molar-refractivity contribution is 5.29. The van der Waals surface area contributed by atoms with E-state index in [0.29, 0.717) is 5.82 Å². The number of rotatable bonds is 9. The quantitative estimate of drug-likeness (QED) is 0.743. The molecule has 0 unspecified atom stereocenters. The van der Waals surface area contributed by atoms with Gasteiger partial charge in [-0.15, -0.1) is 0 Å². The van der Waals surface area contributed by atoms with E-state index in [-0.39, 0.29) is 0 Å². The van der Waals surface area contributed by atoms with Crippen molar-refractivity contribution in [3.8, 4) is 0 Å². The van der Waals surface area contributed by atoms with Crippen molar-refractivity contribution in [1.82, 2.24) is 14.8 Å². The van der Waals surface area contributed by atoms with Crippen LogP contribution < -0.4 is 5.73 Å². The molecular formula is C15H28N4. The van der Waals surface area contributed by atoms with Gasteiger partial charge in [0.15, 0.2) is 0 Å². The zero-order valence-electron chi connectivity index (χ0n) is 12.6. The third-order valence-corrected chi connectivity index (χ3v) is 3.54. The molecule has 4 heteroatoms. The Kier molecular flexibility index (Phi) is 7.45. The number of hydrogen-bond acceptors (Lipinski definition) is 4. The Balaban J connectivity index is 2.35. The van der Waals surface area contributed by atoms with Gasteiger partial charge in [0.2, 0.25) is 0 Å². The molecule has 0 atom stereocenters. The minimum atomic E-state index is 0.591. The van der Waals surface area contributed by atoms with Crippen LogP contribution in [0.4, 0.5) is 5.82 Å². The largest absolute Gasteiger partial charge is 0.384 e. The van der Waals surface area contributed by atoms with Crippen LogP contribution in [0.25, 0.3) is 0 Å². The predicted molar refractivity (Wildman–Crippen MR) is 82.0 cm³/mol. The van der Waals surface area contributed by atoms with Gasteiger partial charge in [0.05, 0.1) is 0 Å². The number of nitrogens with two attached hydrogens (primary N) is 1.